The van der Waals surface area contributed by atoms with Crippen LogP contribution in [0.1, 0.15) is 45.4 Å². The summed E-state index contributed by atoms with van der Waals surface area (Å²) in [6.45, 7) is 2.38. The highest BCUT2D eigenvalue weighted by atomic mass is 14.1. The minimum absolute atomic E-state index is 0. The van der Waals surface area contributed by atoms with Gasteiger partial charge in [-0.15, -0.1) is 0 Å². The highest BCUT2D eigenvalue weighted by Crippen LogP contribution is 2.21. The molecule has 1 aliphatic carbocycles. The summed E-state index contributed by atoms with van der Waals surface area (Å²) < 4.78 is 0. The molecule has 1 fully saturated rings. The molecule has 0 saturated heterocycles. The summed E-state index contributed by atoms with van der Waals surface area (Å²) in [5, 5.41) is 0. The second-order valence-electron chi connectivity index (χ2n) is 3.10. The van der Waals surface area contributed by atoms with E-state index in [2.05, 4.69) is 6.92 Å². The van der Waals surface area contributed by atoms with E-state index in [9.17, 15) is 0 Å². The Bertz CT molecular complexity index is 53.6. The van der Waals surface area contributed by atoms with Crippen molar-refractivity contribution in [2.45, 2.75) is 45.4 Å². The number of hydrogen-bond acceptors (Lipinski definition) is 1. The molecule has 0 amide bonds. The summed E-state index contributed by atoms with van der Waals surface area (Å²) in [6.07, 6.45) is 8.93. The van der Waals surface area contributed by atoms with E-state index in [0.717, 1.165) is 5.92 Å². The van der Waals surface area contributed by atoms with E-state index in [1.54, 1.807) is 0 Å². The third kappa shape index (κ3) is 3.52. The van der Waals surface area contributed by atoms with Gasteiger partial charge in [-0.25, -0.2) is 0 Å². The smallest absolute Gasteiger partial charge is 0.0443 e. The summed E-state index contributed by atoms with van der Waals surface area (Å²) in [7, 11) is 0. The van der Waals surface area contributed by atoms with Crippen molar-refractivity contribution in [1.82, 2.24) is 6.15 Å². The van der Waals surface area contributed by atoms with Gasteiger partial charge in [-0.05, 0) is 5.92 Å². The zero-order chi connectivity index (χ0) is 5.82. The molecule has 0 aromatic heterocycles. The summed E-state index contributed by atoms with van der Waals surface area (Å²) in [5.41, 5.74) is 0. The first kappa shape index (κ1) is 8.96. The van der Waals surface area contributed by atoms with Crippen LogP contribution < -0.4 is 6.15 Å². The van der Waals surface area contributed by atoms with Crippen molar-refractivity contribution in [3.63, 3.8) is 0 Å². The van der Waals surface area contributed by atoms with E-state index in [-0.39, 0.29) is 6.15 Å². The fourth-order valence-electron chi connectivity index (χ4n) is 1.48. The van der Waals surface area contributed by atoms with Crippen LogP contribution in [-0.2, 0) is 0 Å². The minimum atomic E-state index is 0. The molecule has 0 unspecified atom stereocenters. The standard InChI is InChI=1S/C8H16.H3N/c1-8-6-4-2-3-5-7-8;/h8H,2-7H2,1H3;1H3. The molecule has 0 aromatic carbocycles. The molecule has 0 spiro atoms. The molecule has 3 N–H and O–H groups in total. The van der Waals surface area contributed by atoms with Crippen molar-refractivity contribution in [3.8, 4) is 0 Å². The molecular weight excluding hydrogens is 110 g/mol. The Kier molecular flexibility index (Phi) is 4.78. The Hall–Kier alpha value is -0.0400. The van der Waals surface area contributed by atoms with Crippen LogP contribution in [0.3, 0.4) is 0 Å². The maximum Gasteiger partial charge on any atom is -0.0443 e. The fraction of sp³-hybridized carbons (Fsp3) is 1.00. The van der Waals surface area contributed by atoms with Crippen molar-refractivity contribution in [2.24, 2.45) is 5.92 Å². The first-order valence-electron chi connectivity index (χ1n) is 3.89. The Morgan fingerprint density at radius 3 is 1.78 bits per heavy atom. The van der Waals surface area contributed by atoms with Crippen molar-refractivity contribution in [2.75, 3.05) is 0 Å². The van der Waals surface area contributed by atoms with Crippen LogP contribution in [-0.4, -0.2) is 0 Å². The molecule has 1 saturated carbocycles. The predicted molar refractivity (Wildman–Crippen MR) is 41.9 cm³/mol. The molecule has 0 radical (unpaired) electrons. The van der Waals surface area contributed by atoms with Crippen LogP contribution in [0.4, 0.5) is 0 Å². The maximum atomic E-state index is 2.38. The average molecular weight is 129 g/mol. The van der Waals surface area contributed by atoms with Gasteiger partial charge in [0.05, 0.1) is 0 Å². The van der Waals surface area contributed by atoms with Crippen molar-refractivity contribution >= 4 is 0 Å². The van der Waals surface area contributed by atoms with E-state index < -0.39 is 0 Å². The Morgan fingerprint density at radius 1 is 0.889 bits per heavy atom. The molecule has 1 rings (SSSR count). The summed E-state index contributed by atoms with van der Waals surface area (Å²) in [5.74, 6) is 1.03. The van der Waals surface area contributed by atoms with Gasteiger partial charge >= 0.3 is 0 Å². The molecule has 9 heavy (non-hydrogen) atoms. The monoisotopic (exact) mass is 129 g/mol. The Morgan fingerprint density at radius 2 is 1.33 bits per heavy atom. The number of rotatable bonds is 0. The zero-order valence-electron chi connectivity index (χ0n) is 6.53. The second kappa shape index (κ2) is 4.80. The third-order valence-corrected chi connectivity index (χ3v) is 2.14. The van der Waals surface area contributed by atoms with Gasteiger partial charge in [-0.1, -0.05) is 45.4 Å². The average Bonchev–Trinajstić information content (AvgIpc) is 1.94. The van der Waals surface area contributed by atoms with E-state index in [4.69, 9.17) is 0 Å². The van der Waals surface area contributed by atoms with Crippen LogP contribution in [0, 0.1) is 5.92 Å². The van der Waals surface area contributed by atoms with Crippen molar-refractivity contribution < 1.29 is 0 Å². The highest BCUT2D eigenvalue weighted by molar-refractivity contribution is 4.58. The molecule has 0 atom stereocenters. The Labute approximate surface area is 58.4 Å². The largest absolute Gasteiger partial charge is 0.344 e. The topological polar surface area (TPSA) is 35.0 Å². The van der Waals surface area contributed by atoms with E-state index in [1.807, 2.05) is 0 Å². The molecule has 1 nitrogen and oxygen atoms in total. The summed E-state index contributed by atoms with van der Waals surface area (Å²) in [6, 6.07) is 0. The first-order valence-corrected chi connectivity index (χ1v) is 3.89. The van der Waals surface area contributed by atoms with Gasteiger partial charge in [0.25, 0.3) is 0 Å². The lowest BCUT2D eigenvalue weighted by Crippen LogP contribution is -1.88. The Balaban J connectivity index is 0.000000640. The van der Waals surface area contributed by atoms with E-state index >= 15 is 0 Å². The van der Waals surface area contributed by atoms with Crippen molar-refractivity contribution in [3.05, 3.63) is 0 Å². The second-order valence-corrected chi connectivity index (χ2v) is 3.10. The number of hydrogen-bond donors (Lipinski definition) is 1. The molecule has 0 aliphatic heterocycles. The lowest BCUT2D eigenvalue weighted by molar-refractivity contribution is 0.505. The van der Waals surface area contributed by atoms with Gasteiger partial charge in [-0.2, -0.15) is 0 Å². The first-order chi connectivity index (χ1) is 3.89. The normalized spacial score (nSPS) is 22.3. The fourth-order valence-corrected chi connectivity index (χ4v) is 1.48. The molecule has 1 heteroatoms. The van der Waals surface area contributed by atoms with Gasteiger partial charge in [0.2, 0.25) is 0 Å². The van der Waals surface area contributed by atoms with Gasteiger partial charge < -0.3 is 6.15 Å². The predicted octanol–water partition coefficient (Wildman–Crippen LogP) is 3.14. The van der Waals surface area contributed by atoms with Gasteiger partial charge in [-0.3, -0.25) is 0 Å². The molecule has 0 aromatic rings. The van der Waals surface area contributed by atoms with Gasteiger partial charge in [0.15, 0.2) is 0 Å². The van der Waals surface area contributed by atoms with Crippen LogP contribution in [0.5, 0.6) is 0 Å². The van der Waals surface area contributed by atoms with Gasteiger partial charge in [0.1, 0.15) is 0 Å². The SMILES string of the molecule is CC1CCCCCC1.N. The zero-order valence-corrected chi connectivity index (χ0v) is 6.53. The van der Waals surface area contributed by atoms with Crippen molar-refractivity contribution in [1.29, 1.82) is 0 Å². The molecule has 1 aliphatic rings. The van der Waals surface area contributed by atoms with E-state index in [0.29, 0.717) is 0 Å². The van der Waals surface area contributed by atoms with Crippen LogP contribution in [0.2, 0.25) is 0 Å². The molecule has 0 bridgehead atoms. The maximum absolute atomic E-state index is 2.38. The molecule has 56 valence electrons. The lowest BCUT2D eigenvalue weighted by atomic mass is 10.0. The summed E-state index contributed by atoms with van der Waals surface area (Å²) in [4.78, 5) is 0. The van der Waals surface area contributed by atoms with Crippen LogP contribution in [0.15, 0.2) is 0 Å². The molecular formula is C8H19N. The quantitative estimate of drug-likeness (QED) is 0.501. The highest BCUT2D eigenvalue weighted by Gasteiger charge is 2.04. The summed E-state index contributed by atoms with van der Waals surface area (Å²) >= 11 is 0. The van der Waals surface area contributed by atoms with Crippen LogP contribution >= 0.6 is 0 Å². The van der Waals surface area contributed by atoms with Gasteiger partial charge in [0, 0.05) is 0 Å². The van der Waals surface area contributed by atoms with E-state index in [1.165, 1.54) is 38.5 Å². The van der Waals surface area contributed by atoms with Crippen LogP contribution in [0.25, 0.3) is 0 Å². The molecule has 0 heterocycles. The lowest BCUT2D eigenvalue weighted by Gasteiger charge is -2.02. The minimum Gasteiger partial charge on any atom is -0.344 e. The third-order valence-electron chi connectivity index (χ3n) is 2.14.